The Bertz CT molecular complexity index is 819. The molecule has 2 rings (SSSR count). The van der Waals surface area contributed by atoms with E-state index in [9.17, 15) is 19.5 Å². The maximum Gasteiger partial charge on any atom is 0.330 e. The van der Waals surface area contributed by atoms with Crippen LogP contribution >= 0.6 is 11.6 Å². The topological polar surface area (TPSA) is 95.5 Å². The zero-order valence-electron chi connectivity index (χ0n) is 15.0. The monoisotopic (exact) mass is 388 g/mol. The summed E-state index contributed by atoms with van der Waals surface area (Å²) < 4.78 is 0. The number of carboxylic acids is 1. The van der Waals surface area contributed by atoms with E-state index in [0.29, 0.717) is 10.6 Å². The maximum atomic E-state index is 12.5. The molecule has 2 aromatic rings. The first kappa shape index (κ1) is 20.5. The normalized spacial score (nSPS) is 12.7. The van der Waals surface area contributed by atoms with Crippen molar-refractivity contribution >= 4 is 29.4 Å². The summed E-state index contributed by atoms with van der Waals surface area (Å²) in [4.78, 5) is 35.6. The Morgan fingerprint density at radius 1 is 0.963 bits per heavy atom. The van der Waals surface area contributed by atoms with Crippen molar-refractivity contribution < 1.29 is 19.5 Å². The number of benzene rings is 2. The minimum absolute atomic E-state index is 0.0833. The molecule has 7 heteroatoms. The summed E-state index contributed by atoms with van der Waals surface area (Å²) in [5, 5.41) is 15.2. The van der Waals surface area contributed by atoms with Crippen molar-refractivity contribution in [3.05, 3.63) is 70.2 Å². The molecule has 0 saturated carbocycles. The van der Waals surface area contributed by atoms with Crippen LogP contribution in [0.1, 0.15) is 42.1 Å². The van der Waals surface area contributed by atoms with E-state index in [1.165, 1.54) is 6.92 Å². The molecule has 0 fully saturated rings. The van der Waals surface area contributed by atoms with Gasteiger partial charge in [-0.15, -0.1) is 0 Å². The lowest BCUT2D eigenvalue weighted by Crippen LogP contribution is -2.37. The molecule has 2 atom stereocenters. The largest absolute Gasteiger partial charge is 0.479 e. The van der Waals surface area contributed by atoms with Gasteiger partial charge in [-0.2, -0.15) is 0 Å². The Hall–Kier alpha value is -2.86. The molecule has 0 aliphatic rings. The number of hydrogen-bond donors (Lipinski definition) is 3. The van der Waals surface area contributed by atoms with Gasteiger partial charge in [-0.25, -0.2) is 4.79 Å². The third-order valence-electron chi connectivity index (χ3n) is 4.00. The van der Waals surface area contributed by atoms with Gasteiger partial charge in [0.25, 0.3) is 0 Å². The lowest BCUT2D eigenvalue weighted by Gasteiger charge is -2.20. The van der Waals surface area contributed by atoms with Gasteiger partial charge < -0.3 is 15.7 Å². The molecule has 0 aromatic heterocycles. The smallest absolute Gasteiger partial charge is 0.330 e. The van der Waals surface area contributed by atoms with Crippen LogP contribution in [0.25, 0.3) is 0 Å². The van der Waals surface area contributed by atoms with Crippen LogP contribution in [0.2, 0.25) is 5.02 Å². The molecule has 6 nitrogen and oxygen atoms in total. The first-order chi connectivity index (χ1) is 12.8. The van der Waals surface area contributed by atoms with Gasteiger partial charge in [0.05, 0.1) is 12.5 Å². The summed E-state index contributed by atoms with van der Waals surface area (Å²) in [6, 6.07) is 11.9. The average Bonchev–Trinajstić information content (AvgIpc) is 2.60. The van der Waals surface area contributed by atoms with Gasteiger partial charge in [0, 0.05) is 11.9 Å². The lowest BCUT2D eigenvalue weighted by atomic mass is 10.0. The number of carbonyl (C=O) groups is 3. The standard InChI is InChI=1S/C20H21ClN2O4/c1-12-3-5-14(6-4-12)17(22-13(2)24)11-18(25)23-19(20(26)27)15-7-9-16(21)10-8-15/h3-10,17,19H,11H2,1-2H3,(H,22,24)(H,23,25)(H,26,27). The van der Waals surface area contributed by atoms with Gasteiger partial charge in [0.2, 0.25) is 11.8 Å². The zero-order chi connectivity index (χ0) is 20.0. The van der Waals surface area contributed by atoms with Crippen LogP contribution in [0.15, 0.2) is 48.5 Å². The second-order valence-electron chi connectivity index (χ2n) is 6.26. The Kier molecular flexibility index (Phi) is 6.96. The molecule has 3 N–H and O–H groups in total. The van der Waals surface area contributed by atoms with E-state index in [1.807, 2.05) is 31.2 Å². The summed E-state index contributed by atoms with van der Waals surface area (Å²) >= 11 is 5.82. The molecule has 0 heterocycles. The highest BCUT2D eigenvalue weighted by molar-refractivity contribution is 6.30. The SMILES string of the molecule is CC(=O)NC(CC(=O)NC(C(=O)O)c1ccc(Cl)cc1)c1ccc(C)cc1. The first-order valence-corrected chi connectivity index (χ1v) is 8.75. The van der Waals surface area contributed by atoms with Gasteiger partial charge in [-0.05, 0) is 30.2 Å². The van der Waals surface area contributed by atoms with E-state index in [0.717, 1.165) is 11.1 Å². The van der Waals surface area contributed by atoms with Crippen molar-refractivity contribution in [2.75, 3.05) is 0 Å². The minimum Gasteiger partial charge on any atom is -0.479 e. The predicted molar refractivity (Wildman–Crippen MR) is 102 cm³/mol. The number of hydrogen-bond acceptors (Lipinski definition) is 3. The number of aryl methyl sites for hydroxylation is 1. The van der Waals surface area contributed by atoms with E-state index in [2.05, 4.69) is 10.6 Å². The molecule has 0 aliphatic carbocycles. The predicted octanol–water partition coefficient (Wildman–Crippen LogP) is 3.16. The molecule has 0 aliphatic heterocycles. The lowest BCUT2D eigenvalue weighted by molar-refractivity contribution is -0.142. The third kappa shape index (κ3) is 6.11. The number of carboxylic acid groups (broad SMARTS) is 1. The summed E-state index contributed by atoms with van der Waals surface area (Å²) in [5.74, 6) is -1.95. The molecule has 2 aromatic carbocycles. The van der Waals surface area contributed by atoms with Crippen molar-refractivity contribution in [2.24, 2.45) is 0 Å². The molecule has 0 saturated heterocycles. The first-order valence-electron chi connectivity index (χ1n) is 8.37. The van der Waals surface area contributed by atoms with Gasteiger partial charge >= 0.3 is 5.97 Å². The molecule has 2 amide bonds. The molecule has 0 spiro atoms. The number of halogens is 1. The Morgan fingerprint density at radius 2 is 1.52 bits per heavy atom. The molecule has 2 unspecified atom stereocenters. The van der Waals surface area contributed by atoms with Crippen LogP contribution in [0.4, 0.5) is 0 Å². The van der Waals surface area contributed by atoms with Crippen LogP contribution in [0.5, 0.6) is 0 Å². The highest BCUT2D eigenvalue weighted by Crippen LogP contribution is 2.20. The fourth-order valence-electron chi connectivity index (χ4n) is 2.64. The van der Waals surface area contributed by atoms with Gasteiger partial charge in [-0.1, -0.05) is 53.6 Å². The quantitative estimate of drug-likeness (QED) is 0.678. The number of aliphatic carboxylic acids is 1. The Labute approximate surface area is 162 Å². The van der Waals surface area contributed by atoms with E-state index in [-0.39, 0.29) is 12.3 Å². The Balaban J connectivity index is 2.15. The molecular weight excluding hydrogens is 368 g/mol. The van der Waals surface area contributed by atoms with Gasteiger partial charge in [-0.3, -0.25) is 9.59 Å². The number of nitrogens with one attached hydrogen (secondary N) is 2. The van der Waals surface area contributed by atoms with Crippen molar-refractivity contribution in [2.45, 2.75) is 32.4 Å². The van der Waals surface area contributed by atoms with Crippen LogP contribution in [-0.4, -0.2) is 22.9 Å². The Morgan fingerprint density at radius 3 is 2.04 bits per heavy atom. The summed E-state index contributed by atoms with van der Waals surface area (Å²) in [7, 11) is 0. The van der Waals surface area contributed by atoms with E-state index in [4.69, 9.17) is 11.6 Å². The van der Waals surface area contributed by atoms with Gasteiger partial charge in [0.1, 0.15) is 0 Å². The molecule has 0 radical (unpaired) electrons. The second-order valence-corrected chi connectivity index (χ2v) is 6.69. The van der Waals surface area contributed by atoms with Crippen LogP contribution in [0, 0.1) is 6.92 Å². The van der Waals surface area contributed by atoms with E-state index < -0.39 is 24.0 Å². The van der Waals surface area contributed by atoms with Crippen LogP contribution in [0.3, 0.4) is 0 Å². The van der Waals surface area contributed by atoms with E-state index in [1.54, 1.807) is 24.3 Å². The highest BCUT2D eigenvalue weighted by Gasteiger charge is 2.24. The summed E-state index contributed by atoms with van der Waals surface area (Å²) in [6.07, 6.45) is -0.0833. The second kappa shape index (κ2) is 9.19. The number of carbonyl (C=O) groups excluding carboxylic acids is 2. The number of rotatable bonds is 7. The molecule has 0 bridgehead atoms. The highest BCUT2D eigenvalue weighted by atomic mass is 35.5. The molecule has 27 heavy (non-hydrogen) atoms. The van der Waals surface area contributed by atoms with Crippen molar-refractivity contribution in [3.63, 3.8) is 0 Å². The van der Waals surface area contributed by atoms with Crippen LogP contribution in [-0.2, 0) is 14.4 Å². The van der Waals surface area contributed by atoms with Crippen molar-refractivity contribution in [1.29, 1.82) is 0 Å². The summed E-state index contributed by atoms with van der Waals surface area (Å²) in [6.45, 7) is 3.31. The molecular formula is C20H21ClN2O4. The van der Waals surface area contributed by atoms with Crippen LogP contribution < -0.4 is 10.6 Å². The summed E-state index contributed by atoms with van der Waals surface area (Å²) in [5.41, 5.74) is 2.23. The molecule has 142 valence electrons. The van der Waals surface area contributed by atoms with E-state index >= 15 is 0 Å². The van der Waals surface area contributed by atoms with Gasteiger partial charge in [0.15, 0.2) is 6.04 Å². The fourth-order valence-corrected chi connectivity index (χ4v) is 2.77. The fraction of sp³-hybridized carbons (Fsp3) is 0.250. The third-order valence-corrected chi connectivity index (χ3v) is 4.25. The van der Waals surface area contributed by atoms with Crippen molar-refractivity contribution in [3.8, 4) is 0 Å². The van der Waals surface area contributed by atoms with Crippen molar-refractivity contribution in [1.82, 2.24) is 10.6 Å². The average molecular weight is 389 g/mol. The maximum absolute atomic E-state index is 12.5. The minimum atomic E-state index is -1.20. The number of amides is 2. The zero-order valence-corrected chi connectivity index (χ0v) is 15.8.